The zero-order chi connectivity index (χ0) is 22.1. The van der Waals surface area contributed by atoms with Crippen molar-refractivity contribution in [2.24, 2.45) is 0 Å². The van der Waals surface area contributed by atoms with E-state index in [1.807, 2.05) is 0 Å². The Morgan fingerprint density at radius 1 is 0.812 bits per heavy atom. The average molecular weight is 435 g/mol. The average Bonchev–Trinajstić information content (AvgIpc) is 2.84. The monoisotopic (exact) mass is 434 g/mol. The lowest BCUT2D eigenvalue weighted by atomic mass is 9.94. The Morgan fingerprint density at radius 3 is 2.19 bits per heavy atom. The Hall–Kier alpha value is -2.18. The van der Waals surface area contributed by atoms with E-state index in [1.165, 1.54) is 48.4 Å². The Balaban J connectivity index is 1.40. The number of rotatable bonds is 4. The molecular weight excluding hydrogens is 396 g/mol. The van der Waals surface area contributed by atoms with Gasteiger partial charge in [0, 0.05) is 67.8 Å². The van der Waals surface area contributed by atoms with Crippen LogP contribution in [0.2, 0.25) is 0 Å². The van der Waals surface area contributed by atoms with Crippen LogP contribution in [0, 0.1) is 0 Å². The quantitative estimate of drug-likeness (QED) is 0.735. The molecule has 1 aromatic heterocycles. The van der Waals surface area contributed by atoms with Gasteiger partial charge in [0.25, 0.3) is 0 Å². The third-order valence-corrected chi connectivity index (χ3v) is 7.65. The second-order valence-electron chi connectivity index (χ2n) is 10.0. The van der Waals surface area contributed by atoms with Crippen molar-refractivity contribution >= 4 is 11.5 Å². The van der Waals surface area contributed by atoms with Crippen LogP contribution in [-0.4, -0.2) is 86.2 Å². The third-order valence-electron chi connectivity index (χ3n) is 7.65. The Morgan fingerprint density at radius 2 is 1.50 bits per heavy atom. The molecule has 6 heteroatoms. The zero-order valence-electron chi connectivity index (χ0n) is 20.1. The molecule has 0 radical (unpaired) electrons. The fraction of sp³-hybridized carbons (Fsp3) is 0.615. The molecule has 0 bridgehead atoms. The lowest BCUT2D eigenvalue weighted by Crippen LogP contribution is -2.44. The molecule has 2 fully saturated rings. The molecule has 1 aromatic carbocycles. The van der Waals surface area contributed by atoms with Crippen LogP contribution in [0.1, 0.15) is 36.9 Å². The molecule has 0 spiro atoms. The number of aromatic nitrogens is 2. The van der Waals surface area contributed by atoms with Crippen molar-refractivity contribution in [2.75, 3.05) is 70.2 Å². The fourth-order valence-corrected chi connectivity index (χ4v) is 5.44. The summed E-state index contributed by atoms with van der Waals surface area (Å²) in [7, 11) is 6.61. The predicted octanol–water partition coefficient (Wildman–Crippen LogP) is 3.30. The van der Waals surface area contributed by atoms with Gasteiger partial charge in [-0.2, -0.15) is 0 Å². The molecule has 1 aliphatic carbocycles. The minimum absolute atomic E-state index is 0.686. The molecule has 2 aromatic rings. The van der Waals surface area contributed by atoms with Gasteiger partial charge < -0.3 is 19.6 Å². The maximum atomic E-state index is 5.18. The molecule has 172 valence electrons. The summed E-state index contributed by atoms with van der Waals surface area (Å²) in [6.07, 6.45) is 7.14. The smallest absolute Gasteiger partial charge is 0.161 e. The van der Waals surface area contributed by atoms with E-state index in [9.17, 15) is 0 Å². The van der Waals surface area contributed by atoms with Crippen LogP contribution in [0.3, 0.4) is 0 Å². The van der Waals surface area contributed by atoms with Crippen molar-refractivity contribution in [1.29, 1.82) is 0 Å². The number of fused-ring (bicyclic) bond motifs is 1. The highest BCUT2D eigenvalue weighted by molar-refractivity contribution is 5.64. The molecule has 0 atom stereocenters. The highest BCUT2D eigenvalue weighted by atomic mass is 15.2. The van der Waals surface area contributed by atoms with E-state index < -0.39 is 0 Å². The molecule has 3 aliphatic rings. The summed E-state index contributed by atoms with van der Waals surface area (Å²) in [6, 6.07) is 9.64. The van der Waals surface area contributed by atoms with Crippen LogP contribution in [-0.2, 0) is 12.8 Å². The van der Waals surface area contributed by atoms with Crippen molar-refractivity contribution in [3.8, 4) is 11.4 Å². The van der Waals surface area contributed by atoms with Crippen molar-refractivity contribution in [2.45, 2.75) is 44.6 Å². The van der Waals surface area contributed by atoms with Gasteiger partial charge in [-0.05, 0) is 83.9 Å². The molecule has 0 amide bonds. The number of anilines is 2. The van der Waals surface area contributed by atoms with Gasteiger partial charge in [0.1, 0.15) is 5.82 Å². The summed E-state index contributed by atoms with van der Waals surface area (Å²) in [5.41, 5.74) is 5.15. The summed E-state index contributed by atoms with van der Waals surface area (Å²) < 4.78 is 0. The number of piperazine rings is 1. The van der Waals surface area contributed by atoms with E-state index in [0.717, 1.165) is 63.5 Å². The van der Waals surface area contributed by atoms with E-state index in [1.54, 1.807) is 0 Å². The molecule has 3 heterocycles. The Bertz CT molecular complexity index is 909. The summed E-state index contributed by atoms with van der Waals surface area (Å²) in [4.78, 5) is 20.0. The summed E-state index contributed by atoms with van der Waals surface area (Å²) in [5.74, 6) is 2.12. The summed E-state index contributed by atoms with van der Waals surface area (Å²) in [5, 5.41) is 0. The first kappa shape index (κ1) is 21.7. The zero-order valence-corrected chi connectivity index (χ0v) is 20.1. The Labute approximate surface area is 193 Å². The normalized spacial score (nSPS) is 20.6. The van der Waals surface area contributed by atoms with Crippen LogP contribution in [0.5, 0.6) is 0 Å². The van der Waals surface area contributed by atoms with E-state index in [0.29, 0.717) is 6.04 Å². The first-order chi connectivity index (χ1) is 15.6. The first-order valence-corrected chi connectivity index (χ1v) is 12.4. The van der Waals surface area contributed by atoms with E-state index in [-0.39, 0.29) is 0 Å². The maximum Gasteiger partial charge on any atom is 0.161 e. The van der Waals surface area contributed by atoms with Gasteiger partial charge in [0.15, 0.2) is 5.82 Å². The first-order valence-electron chi connectivity index (χ1n) is 12.4. The van der Waals surface area contributed by atoms with E-state index in [4.69, 9.17) is 9.97 Å². The van der Waals surface area contributed by atoms with Crippen LogP contribution in [0.25, 0.3) is 11.4 Å². The molecule has 0 N–H and O–H groups in total. The minimum Gasteiger partial charge on any atom is -0.369 e. The van der Waals surface area contributed by atoms with Crippen LogP contribution >= 0.6 is 0 Å². The molecular formula is C26H38N6. The largest absolute Gasteiger partial charge is 0.369 e. The van der Waals surface area contributed by atoms with Crippen molar-refractivity contribution < 1.29 is 0 Å². The van der Waals surface area contributed by atoms with Gasteiger partial charge in [-0.1, -0.05) is 0 Å². The van der Waals surface area contributed by atoms with Gasteiger partial charge in [-0.15, -0.1) is 0 Å². The van der Waals surface area contributed by atoms with E-state index >= 15 is 0 Å². The van der Waals surface area contributed by atoms with Crippen molar-refractivity contribution in [3.63, 3.8) is 0 Å². The number of piperidine rings is 1. The van der Waals surface area contributed by atoms with Crippen LogP contribution in [0.15, 0.2) is 24.3 Å². The molecule has 6 nitrogen and oxygen atoms in total. The second-order valence-corrected chi connectivity index (χ2v) is 10.0. The topological polar surface area (TPSA) is 38.7 Å². The lowest BCUT2D eigenvalue weighted by Gasteiger charge is -2.37. The standard InChI is InChI=1S/C26H38N6/c1-29(2)21-12-14-32(15-13-21)26-23-6-4-5-7-24(23)27-25(28-26)20-8-10-22(11-9-20)31-18-16-30(3)17-19-31/h8-11,21H,4-7,12-19H2,1-3H3. The van der Waals surface area contributed by atoms with Crippen LogP contribution in [0.4, 0.5) is 11.5 Å². The van der Waals surface area contributed by atoms with Crippen LogP contribution < -0.4 is 9.80 Å². The lowest BCUT2D eigenvalue weighted by molar-refractivity contribution is 0.249. The van der Waals surface area contributed by atoms with Gasteiger partial charge in [0.05, 0.1) is 0 Å². The maximum absolute atomic E-state index is 5.18. The number of hydrogen-bond acceptors (Lipinski definition) is 6. The SMILES string of the molecule is CN1CCN(c2ccc(-c3nc4c(c(N5CCC(N(C)C)CC5)n3)CCCC4)cc2)CC1. The molecule has 2 saturated heterocycles. The fourth-order valence-electron chi connectivity index (χ4n) is 5.44. The number of aryl methyl sites for hydroxylation is 1. The van der Waals surface area contributed by atoms with E-state index in [2.05, 4.69) is 65.0 Å². The predicted molar refractivity (Wildman–Crippen MR) is 133 cm³/mol. The minimum atomic E-state index is 0.686. The Kier molecular flexibility index (Phi) is 6.33. The van der Waals surface area contributed by atoms with Crippen molar-refractivity contribution in [3.05, 3.63) is 35.5 Å². The number of likely N-dealkylation sites (N-methyl/N-ethyl adjacent to an activating group) is 1. The van der Waals surface area contributed by atoms with Gasteiger partial charge >= 0.3 is 0 Å². The highest BCUT2D eigenvalue weighted by Crippen LogP contribution is 2.33. The number of hydrogen-bond donors (Lipinski definition) is 0. The van der Waals surface area contributed by atoms with Crippen molar-refractivity contribution in [1.82, 2.24) is 19.8 Å². The molecule has 0 unspecified atom stereocenters. The van der Waals surface area contributed by atoms with Gasteiger partial charge in [-0.25, -0.2) is 9.97 Å². The third kappa shape index (κ3) is 4.48. The molecule has 0 saturated carbocycles. The van der Waals surface area contributed by atoms with Gasteiger partial charge in [0.2, 0.25) is 0 Å². The highest BCUT2D eigenvalue weighted by Gasteiger charge is 2.26. The second kappa shape index (κ2) is 9.36. The summed E-state index contributed by atoms with van der Waals surface area (Å²) >= 11 is 0. The summed E-state index contributed by atoms with van der Waals surface area (Å²) in [6.45, 7) is 6.63. The molecule has 2 aliphatic heterocycles. The molecule has 32 heavy (non-hydrogen) atoms. The number of nitrogens with zero attached hydrogens (tertiary/aromatic N) is 6. The van der Waals surface area contributed by atoms with Gasteiger partial charge in [-0.3, -0.25) is 0 Å². The number of benzene rings is 1. The molecule has 5 rings (SSSR count).